The van der Waals surface area contributed by atoms with Crippen LogP contribution in [0.4, 0.5) is 0 Å². The molecule has 0 aromatic rings. The van der Waals surface area contributed by atoms with Gasteiger partial charge in [-0.2, -0.15) is 0 Å². The zero-order valence-electron chi connectivity index (χ0n) is 11.4. The zero-order valence-corrected chi connectivity index (χ0v) is 11.4. The quantitative estimate of drug-likeness (QED) is 0.554. The van der Waals surface area contributed by atoms with E-state index in [2.05, 4.69) is 33.0 Å². The molecule has 0 saturated heterocycles. The molecule has 0 fully saturated rings. The minimum Gasteiger partial charge on any atom is -0.379 e. The molecule has 98 valence electrons. The SMILES string of the molecule is CCCCOCCOC(C)CCNC(C)C. The van der Waals surface area contributed by atoms with Gasteiger partial charge in [-0.3, -0.25) is 0 Å². The van der Waals surface area contributed by atoms with Crippen LogP contribution < -0.4 is 5.32 Å². The number of hydrogen-bond donors (Lipinski definition) is 1. The lowest BCUT2D eigenvalue weighted by molar-refractivity contribution is 0.00875. The van der Waals surface area contributed by atoms with Crippen LogP contribution in [0.1, 0.15) is 47.0 Å². The van der Waals surface area contributed by atoms with E-state index in [1.54, 1.807) is 0 Å². The molecular formula is C13H29NO2. The fourth-order valence-electron chi connectivity index (χ4n) is 1.32. The maximum atomic E-state index is 5.64. The highest BCUT2D eigenvalue weighted by molar-refractivity contribution is 4.57. The first-order chi connectivity index (χ1) is 7.66. The van der Waals surface area contributed by atoms with E-state index in [-0.39, 0.29) is 0 Å². The third kappa shape index (κ3) is 12.0. The Morgan fingerprint density at radius 2 is 1.81 bits per heavy atom. The van der Waals surface area contributed by atoms with E-state index in [0.717, 1.165) is 32.6 Å². The normalized spacial score (nSPS) is 13.3. The van der Waals surface area contributed by atoms with E-state index in [1.807, 2.05) is 0 Å². The summed E-state index contributed by atoms with van der Waals surface area (Å²) in [5.74, 6) is 0. The average Bonchev–Trinajstić information content (AvgIpc) is 2.22. The van der Waals surface area contributed by atoms with Crippen molar-refractivity contribution in [1.29, 1.82) is 0 Å². The van der Waals surface area contributed by atoms with Gasteiger partial charge in [0.1, 0.15) is 0 Å². The summed E-state index contributed by atoms with van der Waals surface area (Å²) >= 11 is 0. The molecule has 0 aliphatic rings. The van der Waals surface area contributed by atoms with E-state index in [4.69, 9.17) is 9.47 Å². The summed E-state index contributed by atoms with van der Waals surface area (Å²) < 4.78 is 11.1. The van der Waals surface area contributed by atoms with Crippen molar-refractivity contribution in [2.45, 2.75) is 59.1 Å². The van der Waals surface area contributed by atoms with Gasteiger partial charge in [0.2, 0.25) is 0 Å². The summed E-state index contributed by atoms with van der Waals surface area (Å²) in [7, 11) is 0. The smallest absolute Gasteiger partial charge is 0.0704 e. The van der Waals surface area contributed by atoms with Crippen LogP contribution in [-0.2, 0) is 9.47 Å². The lowest BCUT2D eigenvalue weighted by Crippen LogP contribution is -2.27. The van der Waals surface area contributed by atoms with Gasteiger partial charge in [0.15, 0.2) is 0 Å². The maximum Gasteiger partial charge on any atom is 0.0704 e. The minimum absolute atomic E-state index is 0.320. The topological polar surface area (TPSA) is 30.5 Å². The summed E-state index contributed by atoms with van der Waals surface area (Å²) in [5.41, 5.74) is 0. The fraction of sp³-hybridized carbons (Fsp3) is 1.00. The molecule has 0 bridgehead atoms. The third-order valence-corrected chi connectivity index (χ3v) is 2.38. The van der Waals surface area contributed by atoms with Gasteiger partial charge < -0.3 is 14.8 Å². The molecule has 0 spiro atoms. The van der Waals surface area contributed by atoms with E-state index in [9.17, 15) is 0 Å². The van der Waals surface area contributed by atoms with Gasteiger partial charge in [0.05, 0.1) is 19.3 Å². The Bertz CT molecular complexity index is 140. The van der Waals surface area contributed by atoms with Crippen molar-refractivity contribution in [2.75, 3.05) is 26.4 Å². The Kier molecular flexibility index (Phi) is 11.3. The average molecular weight is 231 g/mol. The molecule has 0 rings (SSSR count). The van der Waals surface area contributed by atoms with Gasteiger partial charge in [0.25, 0.3) is 0 Å². The van der Waals surface area contributed by atoms with E-state index in [0.29, 0.717) is 18.8 Å². The van der Waals surface area contributed by atoms with Crippen LogP contribution in [0.2, 0.25) is 0 Å². The Labute approximate surface area is 101 Å². The van der Waals surface area contributed by atoms with Crippen LogP contribution in [-0.4, -0.2) is 38.5 Å². The molecule has 16 heavy (non-hydrogen) atoms. The lowest BCUT2D eigenvalue weighted by Gasteiger charge is -2.14. The highest BCUT2D eigenvalue weighted by atomic mass is 16.5. The predicted molar refractivity (Wildman–Crippen MR) is 68.9 cm³/mol. The Hall–Kier alpha value is -0.120. The first kappa shape index (κ1) is 15.9. The highest BCUT2D eigenvalue weighted by Gasteiger charge is 2.02. The molecule has 0 heterocycles. The van der Waals surface area contributed by atoms with E-state index < -0.39 is 0 Å². The molecule has 0 aliphatic carbocycles. The molecule has 0 aromatic heterocycles. The summed E-state index contributed by atoms with van der Waals surface area (Å²) in [4.78, 5) is 0. The summed E-state index contributed by atoms with van der Waals surface area (Å²) in [5, 5.41) is 3.38. The van der Waals surface area contributed by atoms with Crippen LogP contribution >= 0.6 is 0 Å². The Balaban J connectivity index is 3.14. The predicted octanol–water partition coefficient (Wildman–Crippen LogP) is 2.60. The largest absolute Gasteiger partial charge is 0.379 e. The number of nitrogens with one attached hydrogen (secondary N) is 1. The molecule has 0 saturated carbocycles. The summed E-state index contributed by atoms with van der Waals surface area (Å²) in [6.07, 6.45) is 3.72. The van der Waals surface area contributed by atoms with Crippen molar-refractivity contribution >= 4 is 0 Å². The van der Waals surface area contributed by atoms with Crippen molar-refractivity contribution < 1.29 is 9.47 Å². The molecule has 0 radical (unpaired) electrons. The van der Waals surface area contributed by atoms with Crippen LogP contribution in [0.5, 0.6) is 0 Å². The molecule has 0 aromatic carbocycles. The van der Waals surface area contributed by atoms with Gasteiger partial charge in [-0.25, -0.2) is 0 Å². The number of unbranched alkanes of at least 4 members (excludes halogenated alkanes) is 1. The van der Waals surface area contributed by atoms with Crippen molar-refractivity contribution in [3.63, 3.8) is 0 Å². The zero-order chi connectivity index (χ0) is 12.2. The van der Waals surface area contributed by atoms with Crippen LogP contribution in [0, 0.1) is 0 Å². The molecule has 1 N–H and O–H groups in total. The minimum atomic E-state index is 0.320. The standard InChI is InChI=1S/C13H29NO2/c1-5-6-9-15-10-11-16-13(4)7-8-14-12(2)3/h12-14H,5-11H2,1-4H3. The number of rotatable bonds is 11. The van der Waals surface area contributed by atoms with Crippen LogP contribution in [0.15, 0.2) is 0 Å². The van der Waals surface area contributed by atoms with Gasteiger partial charge in [-0.05, 0) is 26.3 Å². The maximum absolute atomic E-state index is 5.64. The van der Waals surface area contributed by atoms with Gasteiger partial charge in [0, 0.05) is 12.6 Å². The Morgan fingerprint density at radius 3 is 2.44 bits per heavy atom. The monoisotopic (exact) mass is 231 g/mol. The van der Waals surface area contributed by atoms with Gasteiger partial charge in [-0.1, -0.05) is 27.2 Å². The highest BCUT2D eigenvalue weighted by Crippen LogP contribution is 1.97. The van der Waals surface area contributed by atoms with Crippen LogP contribution in [0.3, 0.4) is 0 Å². The molecule has 3 nitrogen and oxygen atoms in total. The molecule has 0 amide bonds. The first-order valence-electron chi connectivity index (χ1n) is 6.59. The third-order valence-electron chi connectivity index (χ3n) is 2.38. The van der Waals surface area contributed by atoms with Gasteiger partial charge >= 0.3 is 0 Å². The number of hydrogen-bond acceptors (Lipinski definition) is 3. The summed E-state index contributed by atoms with van der Waals surface area (Å²) in [6, 6.07) is 0.560. The van der Waals surface area contributed by atoms with E-state index in [1.165, 1.54) is 6.42 Å². The second-order valence-corrected chi connectivity index (χ2v) is 4.54. The fourth-order valence-corrected chi connectivity index (χ4v) is 1.32. The van der Waals surface area contributed by atoms with Crippen molar-refractivity contribution in [2.24, 2.45) is 0 Å². The van der Waals surface area contributed by atoms with Crippen molar-refractivity contribution in [3.8, 4) is 0 Å². The summed E-state index contributed by atoms with van der Waals surface area (Å²) in [6.45, 7) is 11.9. The second kappa shape index (κ2) is 11.4. The Morgan fingerprint density at radius 1 is 1.06 bits per heavy atom. The van der Waals surface area contributed by atoms with Crippen LogP contribution in [0.25, 0.3) is 0 Å². The molecule has 1 unspecified atom stereocenters. The van der Waals surface area contributed by atoms with Crippen molar-refractivity contribution in [3.05, 3.63) is 0 Å². The van der Waals surface area contributed by atoms with Crippen molar-refractivity contribution in [1.82, 2.24) is 5.32 Å². The molecule has 0 aliphatic heterocycles. The number of ether oxygens (including phenoxy) is 2. The molecule has 1 atom stereocenters. The van der Waals surface area contributed by atoms with Gasteiger partial charge in [-0.15, -0.1) is 0 Å². The second-order valence-electron chi connectivity index (χ2n) is 4.54. The lowest BCUT2D eigenvalue weighted by atomic mass is 10.2. The molecular weight excluding hydrogens is 202 g/mol. The van der Waals surface area contributed by atoms with E-state index >= 15 is 0 Å². The first-order valence-corrected chi connectivity index (χ1v) is 6.59. The molecule has 3 heteroatoms.